The molecule has 8 nitrogen and oxygen atoms in total. The summed E-state index contributed by atoms with van der Waals surface area (Å²) in [4.78, 5) is 30.2. The van der Waals surface area contributed by atoms with E-state index in [-0.39, 0.29) is 24.2 Å². The average Bonchev–Trinajstić information content (AvgIpc) is 3.16. The molecule has 0 unspecified atom stereocenters. The number of aliphatic hydroxyl groups excluding tert-OH is 1. The number of rotatable bonds is 6. The van der Waals surface area contributed by atoms with Gasteiger partial charge in [0.25, 0.3) is 11.8 Å². The minimum Gasteiger partial charge on any atom is -0.508 e. The molecule has 9 heteroatoms. The number of phenolic OH excluding ortho intramolecular Hbond substituents is 1. The summed E-state index contributed by atoms with van der Waals surface area (Å²) >= 11 is 4.21. The van der Waals surface area contributed by atoms with Gasteiger partial charge >= 0.3 is 0 Å². The first-order valence-corrected chi connectivity index (χ1v) is 12.4. The van der Waals surface area contributed by atoms with Crippen molar-refractivity contribution < 1.29 is 19.8 Å². The molecule has 2 aromatic rings. The second-order valence-corrected chi connectivity index (χ2v) is 9.26. The highest BCUT2D eigenvalue weighted by Crippen LogP contribution is 2.28. The Hall–Kier alpha value is -2.88. The van der Waals surface area contributed by atoms with E-state index in [9.17, 15) is 14.7 Å². The molecule has 0 aliphatic carbocycles. The normalized spacial score (nSPS) is 16.2. The zero-order chi connectivity index (χ0) is 25.4. The SMILES string of the molecule is Cc1ccc(C(=O)N(C)CCO)cc1CCS.O=C1NC(c2cccc(O)c2)=NC12CCNCC2. The lowest BCUT2D eigenvalue weighted by Gasteiger charge is -2.28. The summed E-state index contributed by atoms with van der Waals surface area (Å²) in [7, 11) is 1.69. The smallest absolute Gasteiger partial charge is 0.253 e. The Labute approximate surface area is 211 Å². The number of thiol groups is 1. The molecule has 0 aromatic heterocycles. The molecule has 0 saturated carbocycles. The minimum atomic E-state index is -0.605. The van der Waals surface area contributed by atoms with Crippen LogP contribution in [-0.4, -0.2) is 77.3 Å². The van der Waals surface area contributed by atoms with Gasteiger partial charge in [-0.25, -0.2) is 0 Å². The number of aromatic hydroxyl groups is 1. The number of hydrogen-bond donors (Lipinski definition) is 5. The largest absolute Gasteiger partial charge is 0.508 e. The van der Waals surface area contributed by atoms with E-state index in [1.807, 2.05) is 31.2 Å². The summed E-state index contributed by atoms with van der Waals surface area (Å²) < 4.78 is 0. The first kappa shape index (κ1) is 26.7. The molecular weight excluding hydrogens is 464 g/mol. The molecule has 0 radical (unpaired) electrons. The monoisotopic (exact) mass is 498 g/mol. The molecule has 2 aromatic carbocycles. The maximum absolute atomic E-state index is 12.1. The first-order chi connectivity index (χ1) is 16.8. The van der Waals surface area contributed by atoms with Crippen LogP contribution in [0.5, 0.6) is 5.75 Å². The Balaban J connectivity index is 0.000000196. The van der Waals surface area contributed by atoms with E-state index in [1.165, 1.54) is 10.5 Å². The standard InChI is InChI=1S/C13H15N3O2.C13H19NO2S/c17-10-3-1-2-9(8-10)11-15-12(18)13(16-11)4-6-14-7-5-13;1-10-3-4-12(9-11(10)5-8-17)13(16)14(2)6-7-15/h1-3,8,14,17H,4-7H2,(H,15,16,18);3-4,9,15,17H,5-8H2,1-2H3. The molecule has 4 rings (SSSR count). The van der Waals surface area contributed by atoms with E-state index in [0.717, 1.165) is 49.2 Å². The second-order valence-electron chi connectivity index (χ2n) is 8.81. The van der Waals surface area contributed by atoms with Gasteiger partial charge in [0, 0.05) is 24.7 Å². The van der Waals surface area contributed by atoms with Crippen LogP contribution in [0.1, 0.15) is 39.9 Å². The van der Waals surface area contributed by atoms with Gasteiger partial charge in [-0.1, -0.05) is 18.2 Å². The Morgan fingerprint density at radius 1 is 1.20 bits per heavy atom. The Kier molecular flexibility index (Phi) is 9.31. The van der Waals surface area contributed by atoms with E-state index >= 15 is 0 Å². The first-order valence-electron chi connectivity index (χ1n) is 11.8. The maximum Gasteiger partial charge on any atom is 0.253 e. The molecule has 4 N–H and O–H groups in total. The number of amides is 2. The topological polar surface area (TPSA) is 114 Å². The lowest BCUT2D eigenvalue weighted by Crippen LogP contribution is -2.47. The molecule has 1 fully saturated rings. The van der Waals surface area contributed by atoms with Crippen LogP contribution < -0.4 is 10.6 Å². The van der Waals surface area contributed by atoms with E-state index in [1.54, 1.807) is 25.2 Å². The van der Waals surface area contributed by atoms with Crippen molar-refractivity contribution in [2.45, 2.75) is 31.7 Å². The van der Waals surface area contributed by atoms with Crippen LogP contribution in [0.4, 0.5) is 0 Å². The van der Waals surface area contributed by atoms with E-state index < -0.39 is 5.54 Å². The number of benzene rings is 2. The summed E-state index contributed by atoms with van der Waals surface area (Å²) in [6.07, 6.45) is 2.31. The number of likely N-dealkylation sites (N-methyl/N-ethyl adjacent to an activating group) is 1. The van der Waals surface area contributed by atoms with Crippen molar-refractivity contribution in [3.63, 3.8) is 0 Å². The van der Waals surface area contributed by atoms with Gasteiger partial charge in [-0.15, -0.1) is 0 Å². The number of aliphatic imine (C=N–C) groups is 1. The summed E-state index contributed by atoms with van der Waals surface area (Å²) in [5, 5.41) is 24.3. The highest BCUT2D eigenvalue weighted by Gasteiger charge is 2.44. The van der Waals surface area contributed by atoms with Crippen LogP contribution in [0.2, 0.25) is 0 Å². The zero-order valence-electron chi connectivity index (χ0n) is 20.3. The van der Waals surface area contributed by atoms with Gasteiger partial charge in [0.1, 0.15) is 17.1 Å². The van der Waals surface area contributed by atoms with Crippen LogP contribution in [0.25, 0.3) is 0 Å². The van der Waals surface area contributed by atoms with E-state index in [4.69, 9.17) is 5.11 Å². The van der Waals surface area contributed by atoms with Gasteiger partial charge in [-0.3, -0.25) is 14.6 Å². The number of amidine groups is 1. The van der Waals surface area contributed by atoms with Gasteiger partial charge in [0.15, 0.2) is 0 Å². The van der Waals surface area contributed by atoms with Crippen LogP contribution in [-0.2, 0) is 11.2 Å². The number of nitrogens with one attached hydrogen (secondary N) is 2. The van der Waals surface area contributed by atoms with Crippen LogP contribution in [0.15, 0.2) is 47.5 Å². The molecular formula is C26H34N4O4S. The maximum atomic E-state index is 12.1. The van der Waals surface area contributed by atoms with Crippen LogP contribution in [0, 0.1) is 6.92 Å². The molecule has 0 bridgehead atoms. The Morgan fingerprint density at radius 3 is 2.60 bits per heavy atom. The van der Waals surface area contributed by atoms with Crippen molar-refractivity contribution >= 4 is 30.3 Å². The molecule has 1 saturated heterocycles. The number of nitrogens with zero attached hydrogens (tertiary/aromatic N) is 2. The van der Waals surface area contributed by atoms with Crippen molar-refractivity contribution in [2.75, 3.05) is 39.0 Å². The predicted octanol–water partition coefficient (Wildman–Crippen LogP) is 1.92. The molecule has 2 heterocycles. The number of aryl methyl sites for hydroxylation is 2. The number of phenols is 1. The fourth-order valence-electron chi connectivity index (χ4n) is 4.15. The van der Waals surface area contributed by atoms with Gasteiger partial charge in [0.2, 0.25) is 0 Å². The molecule has 188 valence electrons. The number of hydrogen-bond acceptors (Lipinski definition) is 7. The number of piperidine rings is 1. The summed E-state index contributed by atoms with van der Waals surface area (Å²) in [6.45, 7) is 3.99. The van der Waals surface area contributed by atoms with Crippen molar-refractivity contribution in [3.8, 4) is 5.75 Å². The number of aliphatic hydroxyl groups is 1. The fourth-order valence-corrected chi connectivity index (χ4v) is 4.39. The predicted molar refractivity (Wildman–Crippen MR) is 140 cm³/mol. The van der Waals surface area contributed by atoms with Crippen molar-refractivity contribution in [2.24, 2.45) is 4.99 Å². The molecule has 0 atom stereocenters. The van der Waals surface area contributed by atoms with Crippen molar-refractivity contribution in [3.05, 3.63) is 64.7 Å². The van der Waals surface area contributed by atoms with Crippen molar-refractivity contribution in [1.29, 1.82) is 0 Å². The van der Waals surface area contributed by atoms with Crippen molar-refractivity contribution in [1.82, 2.24) is 15.5 Å². The minimum absolute atomic E-state index is 0.0163. The van der Waals surface area contributed by atoms with Gasteiger partial charge in [0.05, 0.1) is 6.61 Å². The summed E-state index contributed by atoms with van der Waals surface area (Å²) in [5.74, 6) is 1.43. The molecule has 1 spiro atoms. The van der Waals surface area contributed by atoms with Crippen LogP contribution >= 0.6 is 12.6 Å². The third kappa shape index (κ3) is 6.62. The van der Waals surface area contributed by atoms with Crippen LogP contribution in [0.3, 0.4) is 0 Å². The Bertz CT molecular complexity index is 1080. The molecule has 2 aliphatic rings. The number of carbonyl (C=O) groups is 2. The molecule has 2 amide bonds. The lowest BCUT2D eigenvalue weighted by molar-refractivity contribution is -0.124. The second kappa shape index (κ2) is 12.2. The zero-order valence-corrected chi connectivity index (χ0v) is 21.1. The van der Waals surface area contributed by atoms with Gasteiger partial charge < -0.3 is 25.7 Å². The Morgan fingerprint density at radius 2 is 1.94 bits per heavy atom. The van der Waals surface area contributed by atoms with Gasteiger partial charge in [-0.2, -0.15) is 12.6 Å². The fraction of sp³-hybridized carbons (Fsp3) is 0.423. The third-order valence-electron chi connectivity index (χ3n) is 6.29. The van der Waals surface area contributed by atoms with Gasteiger partial charge in [-0.05, 0) is 80.4 Å². The highest BCUT2D eigenvalue weighted by molar-refractivity contribution is 7.80. The molecule has 2 aliphatic heterocycles. The number of carbonyl (C=O) groups excluding carboxylic acids is 2. The lowest BCUT2D eigenvalue weighted by atomic mass is 9.89. The quantitative estimate of drug-likeness (QED) is 0.391. The third-order valence-corrected chi connectivity index (χ3v) is 6.51. The van der Waals surface area contributed by atoms with E-state index in [0.29, 0.717) is 17.9 Å². The summed E-state index contributed by atoms with van der Waals surface area (Å²) in [5.41, 5.74) is 3.15. The molecule has 35 heavy (non-hydrogen) atoms. The van der Waals surface area contributed by atoms with E-state index in [2.05, 4.69) is 28.3 Å². The average molecular weight is 499 g/mol. The highest BCUT2D eigenvalue weighted by atomic mass is 32.1. The summed E-state index contributed by atoms with van der Waals surface area (Å²) in [6, 6.07) is 12.5.